The van der Waals surface area contributed by atoms with Crippen molar-refractivity contribution in [1.82, 2.24) is 4.90 Å². The molecule has 2 amide bonds. The number of nitrogens with zero attached hydrogens (tertiary/aromatic N) is 1. The number of para-hydroxylation sites is 1. The number of amides is 2. The van der Waals surface area contributed by atoms with E-state index in [1.165, 1.54) is 0 Å². The van der Waals surface area contributed by atoms with Gasteiger partial charge in [-0.3, -0.25) is 14.4 Å². The highest BCUT2D eigenvalue weighted by Crippen LogP contribution is 2.35. The Labute approximate surface area is 140 Å². The molecule has 1 saturated carbocycles. The van der Waals surface area contributed by atoms with E-state index in [0.29, 0.717) is 24.1 Å². The zero-order valence-corrected chi connectivity index (χ0v) is 13.5. The summed E-state index contributed by atoms with van der Waals surface area (Å²) < 4.78 is 0. The van der Waals surface area contributed by atoms with Gasteiger partial charge >= 0.3 is 5.97 Å². The number of nitrogens with one attached hydrogen (secondary N) is 1. The fourth-order valence-corrected chi connectivity index (χ4v) is 3.38. The van der Waals surface area contributed by atoms with E-state index in [0.717, 1.165) is 32.4 Å². The average molecular weight is 330 g/mol. The molecule has 24 heavy (non-hydrogen) atoms. The maximum Gasteiger partial charge on any atom is 0.307 e. The van der Waals surface area contributed by atoms with Crippen molar-refractivity contribution in [2.45, 2.75) is 32.1 Å². The van der Waals surface area contributed by atoms with E-state index in [1.54, 1.807) is 24.3 Å². The number of carbonyl (C=O) groups excluding carboxylic acids is 2. The number of aliphatic carboxylic acids is 1. The van der Waals surface area contributed by atoms with Crippen molar-refractivity contribution in [3.63, 3.8) is 0 Å². The Morgan fingerprint density at radius 3 is 2.29 bits per heavy atom. The summed E-state index contributed by atoms with van der Waals surface area (Å²) in [4.78, 5) is 38.0. The Morgan fingerprint density at radius 1 is 1.00 bits per heavy atom. The summed E-state index contributed by atoms with van der Waals surface area (Å²) in [7, 11) is 0. The van der Waals surface area contributed by atoms with Gasteiger partial charge in [-0.1, -0.05) is 12.1 Å². The third-order valence-electron chi connectivity index (χ3n) is 4.99. The first-order chi connectivity index (χ1) is 11.6. The van der Waals surface area contributed by atoms with Gasteiger partial charge in [0.1, 0.15) is 0 Å². The Bertz CT molecular complexity index is 652. The number of hydrogen-bond acceptors (Lipinski definition) is 3. The molecule has 2 N–H and O–H groups in total. The first-order valence-electron chi connectivity index (χ1n) is 8.50. The molecule has 2 unspecified atom stereocenters. The molecule has 0 radical (unpaired) electrons. The highest BCUT2D eigenvalue weighted by molar-refractivity contribution is 6.05. The highest BCUT2D eigenvalue weighted by Gasteiger charge is 2.41. The van der Waals surface area contributed by atoms with Gasteiger partial charge in [0, 0.05) is 13.1 Å². The van der Waals surface area contributed by atoms with Crippen molar-refractivity contribution >= 4 is 23.5 Å². The van der Waals surface area contributed by atoms with Crippen molar-refractivity contribution in [2.24, 2.45) is 11.8 Å². The molecular formula is C18H22N2O4. The SMILES string of the molecule is O=C(O)C1CCC1C(=O)Nc1ccccc1C(=O)N1CCCCC1. The molecule has 1 aliphatic carbocycles. The van der Waals surface area contributed by atoms with Crippen LogP contribution in [0.2, 0.25) is 0 Å². The Kier molecular flexibility index (Phi) is 4.83. The van der Waals surface area contributed by atoms with E-state index < -0.39 is 17.8 Å². The van der Waals surface area contributed by atoms with Crippen LogP contribution in [0.1, 0.15) is 42.5 Å². The molecule has 3 rings (SSSR count). The van der Waals surface area contributed by atoms with Crippen molar-refractivity contribution in [3.05, 3.63) is 29.8 Å². The average Bonchev–Trinajstić information content (AvgIpc) is 2.54. The summed E-state index contributed by atoms with van der Waals surface area (Å²) in [5.41, 5.74) is 0.938. The van der Waals surface area contributed by atoms with Crippen LogP contribution in [0.25, 0.3) is 0 Å². The number of hydrogen-bond donors (Lipinski definition) is 2. The summed E-state index contributed by atoms with van der Waals surface area (Å²) >= 11 is 0. The van der Waals surface area contributed by atoms with Crippen LogP contribution in [0.3, 0.4) is 0 Å². The van der Waals surface area contributed by atoms with E-state index in [1.807, 2.05) is 4.90 Å². The number of rotatable bonds is 4. The molecule has 0 spiro atoms. The third-order valence-corrected chi connectivity index (χ3v) is 4.99. The van der Waals surface area contributed by atoms with Crippen molar-refractivity contribution < 1.29 is 19.5 Å². The fourth-order valence-electron chi connectivity index (χ4n) is 3.38. The summed E-state index contributed by atoms with van der Waals surface area (Å²) in [6, 6.07) is 6.94. The van der Waals surface area contributed by atoms with Gasteiger partial charge in [0.25, 0.3) is 5.91 Å². The number of anilines is 1. The molecule has 6 heteroatoms. The first kappa shape index (κ1) is 16.5. The molecule has 0 bridgehead atoms. The van der Waals surface area contributed by atoms with Gasteiger partial charge in [-0.15, -0.1) is 0 Å². The molecule has 1 aromatic rings. The van der Waals surface area contributed by atoms with E-state index in [2.05, 4.69) is 5.32 Å². The standard InChI is InChI=1S/C18H22N2O4/c21-16(12-8-9-13(12)18(23)24)19-15-7-3-2-6-14(15)17(22)20-10-4-1-5-11-20/h2-3,6-7,12-13H,1,4-5,8-11H2,(H,19,21)(H,23,24). The normalized spacial score (nSPS) is 23.2. The van der Waals surface area contributed by atoms with Crippen LogP contribution in [0.5, 0.6) is 0 Å². The summed E-state index contributed by atoms with van der Waals surface area (Å²) in [5, 5.41) is 11.9. The number of piperidine rings is 1. The van der Waals surface area contributed by atoms with Gasteiger partial charge in [0.05, 0.1) is 23.1 Å². The van der Waals surface area contributed by atoms with Crippen molar-refractivity contribution in [2.75, 3.05) is 18.4 Å². The van der Waals surface area contributed by atoms with Crippen LogP contribution in [0.4, 0.5) is 5.69 Å². The third kappa shape index (κ3) is 3.27. The summed E-state index contributed by atoms with van der Waals surface area (Å²) in [6.07, 6.45) is 4.25. The van der Waals surface area contributed by atoms with Crippen LogP contribution in [-0.2, 0) is 9.59 Å². The maximum absolute atomic E-state index is 12.7. The minimum Gasteiger partial charge on any atom is -0.481 e. The molecule has 2 fully saturated rings. The molecule has 2 aliphatic rings. The van der Waals surface area contributed by atoms with E-state index >= 15 is 0 Å². The van der Waals surface area contributed by atoms with Gasteiger partial charge in [-0.25, -0.2) is 0 Å². The lowest BCUT2D eigenvalue weighted by Crippen LogP contribution is -2.41. The molecule has 1 aliphatic heterocycles. The quantitative estimate of drug-likeness (QED) is 0.887. The molecule has 1 aromatic carbocycles. The van der Waals surface area contributed by atoms with Crippen LogP contribution in [-0.4, -0.2) is 40.9 Å². The maximum atomic E-state index is 12.7. The van der Waals surface area contributed by atoms with Crippen LogP contribution >= 0.6 is 0 Å². The summed E-state index contributed by atoms with van der Waals surface area (Å²) in [6.45, 7) is 1.48. The van der Waals surface area contributed by atoms with Gasteiger partial charge < -0.3 is 15.3 Å². The lowest BCUT2D eigenvalue weighted by atomic mass is 9.73. The molecule has 128 valence electrons. The second-order valence-electron chi connectivity index (χ2n) is 6.52. The Morgan fingerprint density at radius 2 is 1.67 bits per heavy atom. The zero-order valence-electron chi connectivity index (χ0n) is 13.5. The van der Waals surface area contributed by atoms with Gasteiger partial charge in [-0.05, 0) is 44.2 Å². The summed E-state index contributed by atoms with van der Waals surface area (Å²) in [5.74, 6) is -2.45. The minimum absolute atomic E-state index is 0.0750. The topological polar surface area (TPSA) is 86.7 Å². The van der Waals surface area contributed by atoms with Crippen molar-refractivity contribution in [1.29, 1.82) is 0 Å². The second kappa shape index (κ2) is 7.03. The molecule has 1 heterocycles. The van der Waals surface area contributed by atoms with E-state index in [4.69, 9.17) is 5.11 Å². The monoisotopic (exact) mass is 330 g/mol. The van der Waals surface area contributed by atoms with Gasteiger partial charge in [0.15, 0.2) is 0 Å². The predicted octanol–water partition coefficient (Wildman–Crippen LogP) is 2.36. The van der Waals surface area contributed by atoms with E-state index in [9.17, 15) is 14.4 Å². The molecule has 0 aromatic heterocycles. The second-order valence-corrected chi connectivity index (χ2v) is 6.52. The number of carbonyl (C=O) groups is 3. The fraction of sp³-hybridized carbons (Fsp3) is 0.500. The predicted molar refractivity (Wildman–Crippen MR) is 88.7 cm³/mol. The van der Waals surface area contributed by atoms with Crippen LogP contribution in [0, 0.1) is 11.8 Å². The molecular weight excluding hydrogens is 308 g/mol. The number of likely N-dealkylation sites (tertiary alicyclic amines) is 1. The van der Waals surface area contributed by atoms with Gasteiger partial charge in [0.2, 0.25) is 5.91 Å². The smallest absolute Gasteiger partial charge is 0.307 e. The van der Waals surface area contributed by atoms with Crippen LogP contribution in [0.15, 0.2) is 24.3 Å². The number of carboxylic acid groups (broad SMARTS) is 1. The largest absolute Gasteiger partial charge is 0.481 e. The first-order valence-corrected chi connectivity index (χ1v) is 8.50. The Balaban J connectivity index is 1.73. The molecule has 2 atom stereocenters. The molecule has 6 nitrogen and oxygen atoms in total. The van der Waals surface area contributed by atoms with E-state index in [-0.39, 0.29) is 11.8 Å². The molecule has 1 saturated heterocycles. The highest BCUT2D eigenvalue weighted by atomic mass is 16.4. The van der Waals surface area contributed by atoms with Gasteiger partial charge in [-0.2, -0.15) is 0 Å². The zero-order chi connectivity index (χ0) is 17.1. The van der Waals surface area contributed by atoms with Crippen molar-refractivity contribution in [3.8, 4) is 0 Å². The lowest BCUT2D eigenvalue weighted by Gasteiger charge is -2.32. The number of benzene rings is 1. The Hall–Kier alpha value is -2.37. The van der Waals surface area contributed by atoms with Crippen LogP contribution < -0.4 is 5.32 Å². The number of carboxylic acids is 1. The lowest BCUT2D eigenvalue weighted by molar-refractivity contribution is -0.151. The minimum atomic E-state index is -0.931.